The predicted molar refractivity (Wildman–Crippen MR) is 121 cm³/mol. The SMILES string of the molecule is CCOc1cc(-c2nc(C(=O)Cc3c(Cl)cncc3Cl)c(C(C)OC(N)=O)o2)ccc1OC. The third-order valence-corrected chi connectivity index (χ3v) is 5.23. The molecule has 3 rings (SSSR count). The van der Waals surface area contributed by atoms with Gasteiger partial charge in [-0.2, -0.15) is 0 Å². The normalized spacial score (nSPS) is 11.7. The van der Waals surface area contributed by atoms with E-state index in [0.29, 0.717) is 29.2 Å². The Morgan fingerprint density at radius 2 is 1.88 bits per heavy atom. The fourth-order valence-corrected chi connectivity index (χ4v) is 3.59. The number of primary amides is 1. The molecule has 0 aliphatic heterocycles. The first-order chi connectivity index (χ1) is 15.7. The van der Waals surface area contributed by atoms with Crippen molar-refractivity contribution >= 4 is 35.1 Å². The molecule has 174 valence electrons. The lowest BCUT2D eigenvalue weighted by Crippen LogP contribution is -2.17. The quantitative estimate of drug-likeness (QED) is 0.411. The molecule has 0 aliphatic rings. The van der Waals surface area contributed by atoms with E-state index in [1.165, 1.54) is 26.4 Å². The van der Waals surface area contributed by atoms with Gasteiger partial charge in [0.15, 0.2) is 34.8 Å². The van der Waals surface area contributed by atoms with Crippen LogP contribution in [-0.4, -0.2) is 35.6 Å². The third kappa shape index (κ3) is 5.55. The number of benzene rings is 1. The number of aromatic nitrogens is 2. The highest BCUT2D eigenvalue weighted by molar-refractivity contribution is 6.36. The van der Waals surface area contributed by atoms with Crippen LogP contribution in [0, 0.1) is 0 Å². The van der Waals surface area contributed by atoms with Gasteiger partial charge in [0.2, 0.25) is 5.89 Å². The Hall–Kier alpha value is -3.30. The number of carbonyl (C=O) groups excluding carboxylic acids is 2. The number of pyridine rings is 1. The number of methoxy groups -OCH3 is 1. The monoisotopic (exact) mass is 493 g/mol. The maximum absolute atomic E-state index is 13.2. The standard InChI is InChI=1S/C22H21Cl2N3O6/c1-4-31-18-7-12(5-6-17(18)30-3)21-27-19(20(33-21)11(2)32-22(25)29)16(28)8-13-14(23)9-26-10-15(13)24/h5-7,9-11H,4,8H2,1-3H3,(H2,25,29). The van der Waals surface area contributed by atoms with Crippen molar-refractivity contribution in [3.05, 3.63) is 57.7 Å². The molecule has 1 aromatic carbocycles. The number of amides is 1. The van der Waals surface area contributed by atoms with Gasteiger partial charge in [-0.3, -0.25) is 9.78 Å². The first-order valence-corrected chi connectivity index (χ1v) is 10.6. The van der Waals surface area contributed by atoms with Gasteiger partial charge in [-0.1, -0.05) is 23.2 Å². The number of halogens is 2. The van der Waals surface area contributed by atoms with E-state index in [4.69, 9.17) is 47.6 Å². The minimum Gasteiger partial charge on any atom is -0.493 e. The molecule has 11 heteroatoms. The number of carbonyl (C=O) groups is 2. The van der Waals surface area contributed by atoms with Crippen LogP contribution in [0.5, 0.6) is 11.5 Å². The molecule has 2 aromatic heterocycles. The maximum atomic E-state index is 13.2. The molecule has 0 saturated heterocycles. The van der Waals surface area contributed by atoms with Gasteiger partial charge in [0, 0.05) is 29.9 Å². The zero-order valence-electron chi connectivity index (χ0n) is 18.1. The number of nitrogens with zero attached hydrogens (tertiary/aromatic N) is 2. The molecule has 1 atom stereocenters. The van der Waals surface area contributed by atoms with Crippen LogP contribution in [0.15, 0.2) is 35.0 Å². The highest BCUT2D eigenvalue weighted by atomic mass is 35.5. The van der Waals surface area contributed by atoms with E-state index in [1.807, 2.05) is 6.92 Å². The summed E-state index contributed by atoms with van der Waals surface area (Å²) in [4.78, 5) is 32.7. The van der Waals surface area contributed by atoms with Gasteiger partial charge in [-0.15, -0.1) is 0 Å². The smallest absolute Gasteiger partial charge is 0.405 e. The number of hydrogen-bond donors (Lipinski definition) is 1. The van der Waals surface area contributed by atoms with E-state index in [-0.39, 0.29) is 33.8 Å². The van der Waals surface area contributed by atoms with Gasteiger partial charge in [0.1, 0.15) is 0 Å². The van der Waals surface area contributed by atoms with Crippen molar-refractivity contribution in [2.75, 3.05) is 13.7 Å². The Labute approximate surface area is 199 Å². The molecular weight excluding hydrogens is 473 g/mol. The number of ketones is 1. The molecule has 0 aliphatic carbocycles. The number of oxazole rings is 1. The molecule has 0 radical (unpaired) electrons. The van der Waals surface area contributed by atoms with Gasteiger partial charge in [0.25, 0.3) is 0 Å². The van der Waals surface area contributed by atoms with Crippen LogP contribution in [0.25, 0.3) is 11.5 Å². The molecule has 1 amide bonds. The number of Topliss-reactive ketones (excluding diaryl/α,β-unsaturated/α-hetero) is 1. The molecule has 9 nitrogen and oxygen atoms in total. The van der Waals surface area contributed by atoms with Crippen molar-refractivity contribution in [1.29, 1.82) is 0 Å². The van der Waals surface area contributed by atoms with Crippen molar-refractivity contribution in [3.63, 3.8) is 0 Å². The van der Waals surface area contributed by atoms with Crippen LogP contribution >= 0.6 is 23.2 Å². The summed E-state index contributed by atoms with van der Waals surface area (Å²) in [7, 11) is 1.52. The molecule has 0 fully saturated rings. The van der Waals surface area contributed by atoms with Gasteiger partial charge in [-0.05, 0) is 32.0 Å². The summed E-state index contributed by atoms with van der Waals surface area (Å²) in [6.07, 6.45) is 0.598. The van der Waals surface area contributed by atoms with Gasteiger partial charge in [0.05, 0.1) is 23.8 Å². The molecule has 2 heterocycles. The molecular formula is C22H21Cl2N3O6. The van der Waals surface area contributed by atoms with Crippen LogP contribution < -0.4 is 15.2 Å². The van der Waals surface area contributed by atoms with Crippen LogP contribution in [0.3, 0.4) is 0 Å². The summed E-state index contributed by atoms with van der Waals surface area (Å²) < 4.78 is 21.8. The maximum Gasteiger partial charge on any atom is 0.405 e. The largest absolute Gasteiger partial charge is 0.493 e. The summed E-state index contributed by atoms with van der Waals surface area (Å²) in [6.45, 7) is 3.76. The minimum absolute atomic E-state index is 0.0314. The zero-order chi connectivity index (χ0) is 24.1. The van der Waals surface area contributed by atoms with Crippen molar-refractivity contribution in [3.8, 4) is 23.0 Å². The topological polar surface area (TPSA) is 127 Å². The van der Waals surface area contributed by atoms with Gasteiger partial charge >= 0.3 is 6.09 Å². The lowest BCUT2D eigenvalue weighted by atomic mass is 10.1. The second-order valence-electron chi connectivity index (χ2n) is 6.79. The Morgan fingerprint density at radius 1 is 1.18 bits per heavy atom. The fraction of sp³-hybridized carbons (Fsp3) is 0.273. The first kappa shape index (κ1) is 24.3. The molecule has 3 aromatic rings. The second-order valence-corrected chi connectivity index (χ2v) is 7.61. The van der Waals surface area contributed by atoms with Crippen molar-refractivity contribution < 1.29 is 28.2 Å². The summed E-state index contributed by atoms with van der Waals surface area (Å²) in [5, 5.41) is 0.470. The number of rotatable bonds is 9. The van der Waals surface area contributed by atoms with Crippen LogP contribution in [0.1, 0.15) is 41.8 Å². The Bertz CT molecular complexity index is 1160. The van der Waals surface area contributed by atoms with Crippen LogP contribution in [0.2, 0.25) is 10.0 Å². The molecule has 1 unspecified atom stereocenters. The minimum atomic E-state index is -1.03. The van der Waals surface area contributed by atoms with Crippen molar-refractivity contribution in [1.82, 2.24) is 9.97 Å². The highest BCUT2D eigenvalue weighted by Crippen LogP contribution is 2.35. The van der Waals surface area contributed by atoms with Crippen molar-refractivity contribution in [2.45, 2.75) is 26.4 Å². The third-order valence-electron chi connectivity index (χ3n) is 4.58. The zero-order valence-corrected chi connectivity index (χ0v) is 19.6. The summed E-state index contributed by atoms with van der Waals surface area (Å²) in [5.41, 5.74) is 6.01. The number of hydrogen-bond acceptors (Lipinski definition) is 8. The van der Waals surface area contributed by atoms with Crippen LogP contribution in [-0.2, 0) is 11.2 Å². The highest BCUT2D eigenvalue weighted by Gasteiger charge is 2.28. The second kappa shape index (κ2) is 10.5. The Balaban J connectivity index is 2.05. The number of ether oxygens (including phenoxy) is 3. The van der Waals surface area contributed by atoms with E-state index >= 15 is 0 Å². The molecule has 33 heavy (non-hydrogen) atoms. The van der Waals surface area contributed by atoms with Crippen LogP contribution in [0.4, 0.5) is 4.79 Å². The average Bonchev–Trinajstić information content (AvgIpc) is 3.22. The average molecular weight is 494 g/mol. The first-order valence-electron chi connectivity index (χ1n) is 9.84. The lowest BCUT2D eigenvalue weighted by molar-refractivity contribution is 0.0937. The lowest BCUT2D eigenvalue weighted by Gasteiger charge is -2.10. The summed E-state index contributed by atoms with van der Waals surface area (Å²) in [5.74, 6) is 0.694. The Kier molecular flexibility index (Phi) is 7.78. The van der Waals surface area contributed by atoms with E-state index < -0.39 is 18.0 Å². The van der Waals surface area contributed by atoms with E-state index in [1.54, 1.807) is 18.2 Å². The number of nitrogens with two attached hydrogens (primary N) is 1. The predicted octanol–water partition coefficient (Wildman–Crippen LogP) is 5.03. The van der Waals surface area contributed by atoms with Gasteiger partial charge < -0.3 is 24.4 Å². The van der Waals surface area contributed by atoms with Crippen molar-refractivity contribution in [2.24, 2.45) is 5.73 Å². The van der Waals surface area contributed by atoms with E-state index in [2.05, 4.69) is 9.97 Å². The van der Waals surface area contributed by atoms with E-state index in [9.17, 15) is 9.59 Å². The molecule has 2 N–H and O–H groups in total. The molecule has 0 saturated carbocycles. The molecule has 0 spiro atoms. The fourth-order valence-electron chi connectivity index (χ4n) is 3.09. The Morgan fingerprint density at radius 3 is 2.48 bits per heavy atom. The molecule has 0 bridgehead atoms. The summed E-state index contributed by atoms with van der Waals surface area (Å²) >= 11 is 12.3. The summed E-state index contributed by atoms with van der Waals surface area (Å²) in [6, 6.07) is 5.05. The van der Waals surface area contributed by atoms with Gasteiger partial charge in [-0.25, -0.2) is 9.78 Å². The van der Waals surface area contributed by atoms with E-state index in [0.717, 1.165) is 0 Å².